The van der Waals surface area contributed by atoms with Crippen LogP contribution in [0.4, 0.5) is 4.39 Å². The topological polar surface area (TPSA) is 34.9 Å². The second-order valence-corrected chi connectivity index (χ2v) is 3.74. The van der Waals surface area contributed by atoms with E-state index in [1.54, 1.807) is 12.3 Å². The molecular formula is C13H13FN2O. The molecule has 0 N–H and O–H groups in total. The number of halogens is 1. The zero-order valence-electron chi connectivity index (χ0n) is 9.56. The van der Waals surface area contributed by atoms with Crippen molar-refractivity contribution in [1.82, 2.24) is 9.55 Å². The molecule has 0 fully saturated rings. The number of imidazole rings is 1. The fourth-order valence-electron chi connectivity index (χ4n) is 1.70. The van der Waals surface area contributed by atoms with Gasteiger partial charge in [-0.1, -0.05) is 12.1 Å². The summed E-state index contributed by atoms with van der Waals surface area (Å²) < 4.78 is 14.9. The first-order chi connectivity index (χ1) is 8.20. The lowest BCUT2D eigenvalue weighted by Gasteiger charge is -2.04. The van der Waals surface area contributed by atoms with Crippen molar-refractivity contribution in [2.24, 2.45) is 0 Å². The molecule has 1 aromatic carbocycles. The monoisotopic (exact) mass is 232 g/mol. The highest BCUT2D eigenvalue weighted by Crippen LogP contribution is 2.08. The summed E-state index contributed by atoms with van der Waals surface area (Å²) >= 11 is 0. The van der Waals surface area contributed by atoms with Crippen LogP contribution in [0.25, 0.3) is 0 Å². The SMILES string of the molecule is CCn1ccnc1CC(=O)c1cccc(F)c1. The summed E-state index contributed by atoms with van der Waals surface area (Å²) in [7, 11) is 0. The Kier molecular flexibility index (Phi) is 3.32. The van der Waals surface area contributed by atoms with E-state index in [2.05, 4.69) is 4.98 Å². The van der Waals surface area contributed by atoms with Gasteiger partial charge in [0.2, 0.25) is 0 Å². The van der Waals surface area contributed by atoms with E-state index < -0.39 is 5.82 Å². The second kappa shape index (κ2) is 4.91. The molecular weight excluding hydrogens is 219 g/mol. The number of nitrogens with zero attached hydrogens (tertiary/aromatic N) is 2. The zero-order chi connectivity index (χ0) is 12.3. The smallest absolute Gasteiger partial charge is 0.170 e. The summed E-state index contributed by atoms with van der Waals surface area (Å²) in [5, 5.41) is 0. The molecule has 0 amide bonds. The third-order valence-corrected chi connectivity index (χ3v) is 2.61. The van der Waals surface area contributed by atoms with Gasteiger partial charge >= 0.3 is 0 Å². The number of hydrogen-bond acceptors (Lipinski definition) is 2. The van der Waals surface area contributed by atoms with Crippen LogP contribution in [-0.2, 0) is 13.0 Å². The number of Topliss-reactive ketones (excluding diaryl/α,β-unsaturated/α-hetero) is 1. The zero-order valence-corrected chi connectivity index (χ0v) is 9.56. The molecule has 3 nitrogen and oxygen atoms in total. The van der Waals surface area contributed by atoms with Gasteiger partial charge in [-0.2, -0.15) is 0 Å². The largest absolute Gasteiger partial charge is 0.335 e. The fourth-order valence-corrected chi connectivity index (χ4v) is 1.70. The Morgan fingerprint density at radius 3 is 3.00 bits per heavy atom. The quantitative estimate of drug-likeness (QED) is 0.759. The summed E-state index contributed by atoms with van der Waals surface area (Å²) in [4.78, 5) is 16.0. The minimum Gasteiger partial charge on any atom is -0.335 e. The predicted molar refractivity (Wildman–Crippen MR) is 62.3 cm³/mol. The first-order valence-electron chi connectivity index (χ1n) is 5.49. The van der Waals surface area contributed by atoms with E-state index in [0.717, 1.165) is 6.54 Å². The summed E-state index contributed by atoms with van der Waals surface area (Å²) in [6.45, 7) is 2.75. The molecule has 0 radical (unpaired) electrons. The molecule has 2 aromatic rings. The van der Waals surface area contributed by atoms with Gasteiger partial charge in [-0.05, 0) is 19.1 Å². The molecule has 0 bridgehead atoms. The second-order valence-electron chi connectivity index (χ2n) is 3.74. The van der Waals surface area contributed by atoms with Gasteiger partial charge in [0.25, 0.3) is 0 Å². The van der Waals surface area contributed by atoms with Crippen molar-refractivity contribution in [3.63, 3.8) is 0 Å². The van der Waals surface area contributed by atoms with Crippen LogP contribution in [-0.4, -0.2) is 15.3 Å². The van der Waals surface area contributed by atoms with Gasteiger partial charge in [0.05, 0.1) is 6.42 Å². The third-order valence-electron chi connectivity index (χ3n) is 2.61. The average molecular weight is 232 g/mol. The Bertz CT molecular complexity index is 534. The molecule has 0 aliphatic carbocycles. The Hall–Kier alpha value is -1.97. The minimum atomic E-state index is -0.394. The van der Waals surface area contributed by atoms with Crippen molar-refractivity contribution >= 4 is 5.78 Å². The lowest BCUT2D eigenvalue weighted by molar-refractivity contribution is 0.0989. The van der Waals surface area contributed by atoms with Gasteiger partial charge in [0.1, 0.15) is 11.6 Å². The number of aromatic nitrogens is 2. The van der Waals surface area contributed by atoms with Gasteiger partial charge in [-0.3, -0.25) is 4.79 Å². The van der Waals surface area contributed by atoms with Crippen molar-refractivity contribution in [3.8, 4) is 0 Å². The first kappa shape index (κ1) is 11.5. The highest BCUT2D eigenvalue weighted by Gasteiger charge is 2.11. The van der Waals surface area contributed by atoms with Gasteiger partial charge in [-0.25, -0.2) is 9.37 Å². The van der Waals surface area contributed by atoms with E-state index >= 15 is 0 Å². The van der Waals surface area contributed by atoms with Crippen LogP contribution in [0.2, 0.25) is 0 Å². The molecule has 0 saturated carbocycles. The van der Waals surface area contributed by atoms with E-state index in [4.69, 9.17) is 0 Å². The molecule has 0 atom stereocenters. The van der Waals surface area contributed by atoms with Crippen molar-refractivity contribution in [2.75, 3.05) is 0 Å². The fraction of sp³-hybridized carbons (Fsp3) is 0.231. The van der Waals surface area contributed by atoms with Crippen LogP contribution >= 0.6 is 0 Å². The van der Waals surface area contributed by atoms with E-state index in [1.807, 2.05) is 17.7 Å². The van der Waals surface area contributed by atoms with Gasteiger partial charge in [0.15, 0.2) is 5.78 Å². The number of rotatable bonds is 4. The molecule has 88 valence electrons. The molecule has 0 aliphatic rings. The van der Waals surface area contributed by atoms with Crippen molar-refractivity contribution in [2.45, 2.75) is 19.9 Å². The molecule has 2 rings (SSSR count). The minimum absolute atomic E-state index is 0.120. The summed E-state index contributed by atoms with van der Waals surface area (Å²) in [6.07, 6.45) is 3.69. The number of benzene rings is 1. The molecule has 4 heteroatoms. The number of aryl methyl sites for hydroxylation is 1. The van der Waals surface area contributed by atoms with E-state index in [-0.39, 0.29) is 12.2 Å². The molecule has 0 saturated heterocycles. The normalized spacial score (nSPS) is 10.5. The van der Waals surface area contributed by atoms with Gasteiger partial charge in [-0.15, -0.1) is 0 Å². The maximum absolute atomic E-state index is 13.0. The Morgan fingerprint density at radius 1 is 1.47 bits per heavy atom. The summed E-state index contributed by atoms with van der Waals surface area (Å²) in [5.74, 6) is 0.196. The number of hydrogen-bond donors (Lipinski definition) is 0. The molecule has 0 unspecified atom stereocenters. The molecule has 1 aromatic heterocycles. The van der Waals surface area contributed by atoms with E-state index in [1.165, 1.54) is 18.2 Å². The van der Waals surface area contributed by atoms with Crippen molar-refractivity contribution in [3.05, 3.63) is 53.9 Å². The van der Waals surface area contributed by atoms with Crippen molar-refractivity contribution < 1.29 is 9.18 Å². The molecule has 0 aliphatic heterocycles. The average Bonchev–Trinajstić information content (AvgIpc) is 2.76. The van der Waals surface area contributed by atoms with Crippen LogP contribution < -0.4 is 0 Å². The predicted octanol–water partition coefficient (Wildman–Crippen LogP) is 2.47. The van der Waals surface area contributed by atoms with Crippen molar-refractivity contribution in [1.29, 1.82) is 0 Å². The van der Waals surface area contributed by atoms with Crippen LogP contribution in [0.3, 0.4) is 0 Å². The van der Waals surface area contributed by atoms with Crippen LogP contribution in [0, 0.1) is 5.82 Å². The molecule has 1 heterocycles. The van der Waals surface area contributed by atoms with Crippen LogP contribution in [0.5, 0.6) is 0 Å². The lowest BCUT2D eigenvalue weighted by atomic mass is 10.1. The Balaban J connectivity index is 2.17. The highest BCUT2D eigenvalue weighted by molar-refractivity contribution is 5.97. The lowest BCUT2D eigenvalue weighted by Crippen LogP contribution is -2.09. The number of carbonyl (C=O) groups excluding carboxylic acids is 1. The Labute approximate surface area is 98.9 Å². The molecule has 17 heavy (non-hydrogen) atoms. The van der Waals surface area contributed by atoms with Crippen LogP contribution in [0.15, 0.2) is 36.7 Å². The first-order valence-corrected chi connectivity index (χ1v) is 5.49. The third kappa shape index (κ3) is 2.58. The van der Waals surface area contributed by atoms with Gasteiger partial charge < -0.3 is 4.57 Å². The summed E-state index contributed by atoms with van der Waals surface area (Å²) in [5.41, 5.74) is 0.385. The number of ketones is 1. The van der Waals surface area contributed by atoms with Crippen LogP contribution in [0.1, 0.15) is 23.1 Å². The van der Waals surface area contributed by atoms with Gasteiger partial charge in [0, 0.05) is 24.5 Å². The highest BCUT2D eigenvalue weighted by atomic mass is 19.1. The number of carbonyl (C=O) groups is 1. The Morgan fingerprint density at radius 2 is 2.29 bits per heavy atom. The van der Waals surface area contributed by atoms with E-state index in [9.17, 15) is 9.18 Å². The standard InChI is InChI=1S/C13H13FN2O/c1-2-16-7-6-15-13(16)9-12(17)10-4-3-5-11(14)8-10/h3-8H,2,9H2,1H3. The maximum atomic E-state index is 13.0. The molecule has 0 spiro atoms. The maximum Gasteiger partial charge on any atom is 0.170 e. The van der Waals surface area contributed by atoms with E-state index in [0.29, 0.717) is 11.4 Å². The summed E-state index contributed by atoms with van der Waals surface area (Å²) in [6, 6.07) is 5.73.